The Kier molecular flexibility index (Phi) is 5.70. The van der Waals surface area contributed by atoms with Gasteiger partial charge in [-0.05, 0) is 56.6 Å². The largest absolute Gasteiger partial charge is 0.494 e. The number of nitrogens with one attached hydrogen (secondary N) is 1. The summed E-state index contributed by atoms with van der Waals surface area (Å²) < 4.78 is 7.61. The van der Waals surface area contributed by atoms with Crippen LogP contribution in [-0.4, -0.2) is 32.8 Å². The first-order valence-electron chi connectivity index (χ1n) is 10.6. The second-order valence-electron chi connectivity index (χ2n) is 8.48. The molecule has 0 saturated heterocycles. The molecule has 1 amide bonds. The predicted octanol–water partition coefficient (Wildman–Crippen LogP) is 4.78. The van der Waals surface area contributed by atoms with Gasteiger partial charge >= 0.3 is 0 Å². The fourth-order valence-corrected chi connectivity index (χ4v) is 4.33. The smallest absolute Gasteiger partial charge is 0.274 e. The summed E-state index contributed by atoms with van der Waals surface area (Å²) in [5.41, 5.74) is 1.80. The maximum Gasteiger partial charge on any atom is 0.274 e. The highest BCUT2D eigenvalue weighted by molar-refractivity contribution is 6.05. The van der Waals surface area contributed by atoms with Crippen LogP contribution in [0.2, 0.25) is 0 Å². The quantitative estimate of drug-likeness (QED) is 0.658. The van der Waals surface area contributed by atoms with Gasteiger partial charge in [0, 0.05) is 23.8 Å². The van der Waals surface area contributed by atoms with Gasteiger partial charge in [0.25, 0.3) is 5.91 Å². The SMILES string of the molecule is COc1cc2nn(C3CCC(C(C)C)CC3)cc2cc1NC(=O)c1ccnc(C)n1. The number of carbonyl (C=O) groups is 1. The molecular weight excluding hydrogens is 378 g/mol. The molecule has 1 aromatic carbocycles. The van der Waals surface area contributed by atoms with Gasteiger partial charge in [-0.2, -0.15) is 5.10 Å². The van der Waals surface area contributed by atoms with Crippen molar-refractivity contribution in [3.63, 3.8) is 0 Å². The summed E-state index contributed by atoms with van der Waals surface area (Å²) in [6.07, 6.45) is 8.48. The van der Waals surface area contributed by atoms with Crippen molar-refractivity contribution < 1.29 is 9.53 Å². The molecule has 0 aliphatic heterocycles. The van der Waals surface area contributed by atoms with Crippen molar-refractivity contribution >= 4 is 22.5 Å². The van der Waals surface area contributed by atoms with E-state index in [9.17, 15) is 4.79 Å². The van der Waals surface area contributed by atoms with E-state index in [1.54, 1.807) is 26.3 Å². The summed E-state index contributed by atoms with van der Waals surface area (Å²) in [6, 6.07) is 5.83. The Balaban J connectivity index is 1.57. The lowest BCUT2D eigenvalue weighted by Crippen LogP contribution is -2.21. The number of hydrogen-bond acceptors (Lipinski definition) is 5. The number of nitrogens with zero attached hydrogens (tertiary/aromatic N) is 4. The van der Waals surface area contributed by atoms with E-state index < -0.39 is 0 Å². The zero-order valence-electron chi connectivity index (χ0n) is 18.1. The van der Waals surface area contributed by atoms with Crippen LogP contribution in [0.15, 0.2) is 30.6 Å². The van der Waals surface area contributed by atoms with Crippen molar-refractivity contribution in [2.45, 2.75) is 52.5 Å². The number of hydrogen-bond donors (Lipinski definition) is 1. The number of ether oxygens (including phenoxy) is 1. The van der Waals surface area contributed by atoms with Crippen molar-refractivity contribution in [2.75, 3.05) is 12.4 Å². The Morgan fingerprint density at radius 3 is 2.67 bits per heavy atom. The van der Waals surface area contributed by atoms with Crippen LogP contribution in [0.4, 0.5) is 5.69 Å². The molecular formula is C23H29N5O2. The highest BCUT2D eigenvalue weighted by Crippen LogP contribution is 2.37. The Labute approximate surface area is 176 Å². The normalized spacial score (nSPS) is 19.2. The average Bonchev–Trinajstić information content (AvgIpc) is 3.16. The second-order valence-corrected chi connectivity index (χ2v) is 8.48. The van der Waals surface area contributed by atoms with Crippen LogP contribution < -0.4 is 10.1 Å². The van der Waals surface area contributed by atoms with E-state index >= 15 is 0 Å². The molecule has 1 aliphatic rings. The first-order valence-corrected chi connectivity index (χ1v) is 10.6. The summed E-state index contributed by atoms with van der Waals surface area (Å²) in [7, 11) is 1.59. The van der Waals surface area contributed by atoms with Crippen molar-refractivity contribution in [3.8, 4) is 5.75 Å². The summed E-state index contributed by atoms with van der Waals surface area (Å²) in [5, 5.41) is 8.70. The molecule has 7 nitrogen and oxygen atoms in total. The molecule has 1 fully saturated rings. The van der Waals surface area contributed by atoms with Gasteiger partial charge in [0.1, 0.15) is 17.3 Å². The Bertz CT molecular complexity index is 1050. The highest BCUT2D eigenvalue weighted by atomic mass is 16.5. The number of amides is 1. The lowest BCUT2D eigenvalue weighted by atomic mass is 9.80. The Hall–Kier alpha value is -2.96. The van der Waals surface area contributed by atoms with Crippen molar-refractivity contribution in [1.29, 1.82) is 0 Å². The van der Waals surface area contributed by atoms with E-state index in [2.05, 4.69) is 40.0 Å². The van der Waals surface area contributed by atoms with E-state index in [0.717, 1.165) is 35.6 Å². The van der Waals surface area contributed by atoms with E-state index in [0.29, 0.717) is 29.0 Å². The monoisotopic (exact) mass is 407 g/mol. The van der Waals surface area contributed by atoms with Gasteiger partial charge in [-0.15, -0.1) is 0 Å². The zero-order chi connectivity index (χ0) is 21.3. The van der Waals surface area contributed by atoms with Gasteiger partial charge in [0.15, 0.2) is 0 Å². The molecule has 1 N–H and O–H groups in total. The van der Waals surface area contributed by atoms with Crippen LogP contribution >= 0.6 is 0 Å². The second kappa shape index (κ2) is 8.42. The van der Waals surface area contributed by atoms with Crippen LogP contribution in [0.25, 0.3) is 10.9 Å². The Morgan fingerprint density at radius 1 is 1.23 bits per heavy atom. The number of rotatable bonds is 5. The number of methoxy groups -OCH3 is 1. The number of anilines is 1. The first-order chi connectivity index (χ1) is 14.4. The summed E-state index contributed by atoms with van der Waals surface area (Å²) >= 11 is 0. The lowest BCUT2D eigenvalue weighted by molar-refractivity contribution is 0.102. The summed E-state index contributed by atoms with van der Waals surface area (Å²) in [4.78, 5) is 20.9. The zero-order valence-corrected chi connectivity index (χ0v) is 18.1. The molecule has 4 rings (SSSR count). The predicted molar refractivity (Wildman–Crippen MR) is 117 cm³/mol. The molecule has 158 valence electrons. The molecule has 7 heteroatoms. The topological polar surface area (TPSA) is 81.9 Å². The van der Waals surface area contributed by atoms with E-state index in [4.69, 9.17) is 9.84 Å². The Morgan fingerprint density at radius 2 is 2.00 bits per heavy atom. The summed E-state index contributed by atoms with van der Waals surface area (Å²) in [6.45, 7) is 6.39. The van der Waals surface area contributed by atoms with Crippen LogP contribution in [0.5, 0.6) is 5.75 Å². The lowest BCUT2D eigenvalue weighted by Gasteiger charge is -2.30. The maximum absolute atomic E-state index is 12.6. The van der Waals surface area contributed by atoms with Gasteiger partial charge in [-0.3, -0.25) is 9.48 Å². The molecule has 3 aromatic rings. The summed E-state index contributed by atoms with van der Waals surface area (Å²) in [5.74, 6) is 2.40. The molecule has 1 saturated carbocycles. The van der Waals surface area contributed by atoms with E-state index in [1.165, 1.54) is 12.8 Å². The number of fused-ring (bicyclic) bond motifs is 1. The number of aryl methyl sites for hydroxylation is 1. The molecule has 0 unspecified atom stereocenters. The minimum absolute atomic E-state index is 0.294. The van der Waals surface area contributed by atoms with Crippen LogP contribution in [0.3, 0.4) is 0 Å². The highest BCUT2D eigenvalue weighted by Gasteiger charge is 2.25. The van der Waals surface area contributed by atoms with Crippen molar-refractivity contribution in [3.05, 3.63) is 42.1 Å². The fourth-order valence-electron chi connectivity index (χ4n) is 4.33. The average molecular weight is 408 g/mol. The van der Waals surface area contributed by atoms with Crippen molar-refractivity contribution in [2.24, 2.45) is 11.8 Å². The third-order valence-corrected chi connectivity index (χ3v) is 6.16. The van der Waals surface area contributed by atoms with Gasteiger partial charge in [0.05, 0.1) is 24.4 Å². The molecule has 1 aliphatic carbocycles. The van der Waals surface area contributed by atoms with Crippen LogP contribution in [0.1, 0.15) is 61.9 Å². The van der Waals surface area contributed by atoms with E-state index in [-0.39, 0.29) is 5.91 Å². The fraction of sp³-hybridized carbons (Fsp3) is 0.478. The molecule has 2 heterocycles. The van der Waals surface area contributed by atoms with Gasteiger partial charge in [-0.1, -0.05) is 13.8 Å². The third-order valence-electron chi connectivity index (χ3n) is 6.16. The minimum Gasteiger partial charge on any atom is -0.494 e. The minimum atomic E-state index is -0.294. The molecule has 0 spiro atoms. The number of benzene rings is 1. The first kappa shape index (κ1) is 20.3. The standard InChI is InChI=1S/C23H29N5O2/c1-14(2)16-5-7-18(8-6-16)28-13-17-11-21(22(30-4)12-20(17)27-28)26-23(29)19-9-10-24-15(3)25-19/h9-14,16,18H,5-8H2,1-4H3,(H,26,29). The van der Waals surface area contributed by atoms with Crippen molar-refractivity contribution in [1.82, 2.24) is 19.7 Å². The van der Waals surface area contributed by atoms with Crippen LogP contribution in [0, 0.1) is 18.8 Å². The van der Waals surface area contributed by atoms with E-state index in [1.807, 2.05) is 12.1 Å². The molecule has 2 aromatic heterocycles. The van der Waals surface area contributed by atoms with Gasteiger partial charge < -0.3 is 10.1 Å². The molecule has 30 heavy (non-hydrogen) atoms. The van der Waals surface area contributed by atoms with Crippen LogP contribution in [-0.2, 0) is 0 Å². The molecule has 0 bridgehead atoms. The third kappa shape index (κ3) is 4.15. The van der Waals surface area contributed by atoms with Gasteiger partial charge in [0.2, 0.25) is 0 Å². The number of aromatic nitrogens is 4. The molecule has 0 radical (unpaired) electrons. The molecule has 0 atom stereocenters. The number of carbonyl (C=O) groups excluding carboxylic acids is 1. The van der Waals surface area contributed by atoms with Gasteiger partial charge in [-0.25, -0.2) is 9.97 Å². The maximum atomic E-state index is 12.6.